The largest absolute Gasteiger partial charge is 0.496 e. The monoisotopic (exact) mass is 475 g/mol. The Bertz CT molecular complexity index is 1210. The van der Waals surface area contributed by atoms with Gasteiger partial charge < -0.3 is 29.0 Å². The fourth-order valence-electron chi connectivity index (χ4n) is 3.45. The molecule has 3 rings (SSSR count). The molecule has 0 unspecified atom stereocenters. The molecule has 0 fully saturated rings. The molecule has 0 spiro atoms. The van der Waals surface area contributed by atoms with E-state index in [0.717, 1.165) is 16.7 Å². The number of rotatable bonds is 10. The van der Waals surface area contributed by atoms with Crippen LogP contribution >= 0.6 is 0 Å². The lowest BCUT2D eigenvalue weighted by atomic mass is 10.1. The molecule has 7 nitrogen and oxygen atoms in total. The van der Waals surface area contributed by atoms with E-state index in [1.165, 1.54) is 6.08 Å². The lowest BCUT2D eigenvalue weighted by molar-refractivity contribution is -0.111. The van der Waals surface area contributed by atoms with Crippen LogP contribution < -0.4 is 29.0 Å². The minimum Gasteiger partial charge on any atom is -0.496 e. The SMILES string of the molecule is COc1ccccc1/C=C/C(=O)Nc1ccc(C=Cc2cc(OC)c(OC)c(OC)c2)cc1OC. The van der Waals surface area contributed by atoms with Gasteiger partial charge in [-0.2, -0.15) is 0 Å². The summed E-state index contributed by atoms with van der Waals surface area (Å²) in [7, 11) is 7.87. The van der Waals surface area contributed by atoms with Crippen LogP contribution in [0.5, 0.6) is 28.7 Å². The molecule has 3 aromatic carbocycles. The van der Waals surface area contributed by atoms with Crippen molar-refractivity contribution in [1.29, 1.82) is 0 Å². The molecule has 0 aliphatic heterocycles. The van der Waals surface area contributed by atoms with Crippen LogP contribution in [0.1, 0.15) is 16.7 Å². The first-order valence-electron chi connectivity index (χ1n) is 10.8. The van der Waals surface area contributed by atoms with Crippen LogP contribution in [-0.4, -0.2) is 41.5 Å². The van der Waals surface area contributed by atoms with Gasteiger partial charge >= 0.3 is 0 Å². The third kappa shape index (κ3) is 6.35. The van der Waals surface area contributed by atoms with Crippen LogP contribution in [0, 0.1) is 0 Å². The second-order valence-corrected chi connectivity index (χ2v) is 7.32. The summed E-state index contributed by atoms with van der Waals surface area (Å²) in [6.45, 7) is 0. The Morgan fingerprint density at radius 3 is 1.89 bits per heavy atom. The maximum Gasteiger partial charge on any atom is 0.248 e. The maximum absolute atomic E-state index is 12.5. The normalized spacial score (nSPS) is 10.9. The lowest BCUT2D eigenvalue weighted by Gasteiger charge is -2.13. The van der Waals surface area contributed by atoms with Gasteiger partial charge in [-0.15, -0.1) is 0 Å². The topological polar surface area (TPSA) is 75.3 Å². The van der Waals surface area contributed by atoms with Crippen LogP contribution in [0.2, 0.25) is 0 Å². The third-order valence-corrected chi connectivity index (χ3v) is 5.19. The fraction of sp³-hybridized carbons (Fsp3) is 0.179. The highest BCUT2D eigenvalue weighted by atomic mass is 16.5. The number of hydrogen-bond acceptors (Lipinski definition) is 6. The van der Waals surface area contributed by atoms with Gasteiger partial charge in [-0.3, -0.25) is 4.79 Å². The van der Waals surface area contributed by atoms with Gasteiger partial charge in [0.2, 0.25) is 11.7 Å². The zero-order valence-electron chi connectivity index (χ0n) is 20.5. The number of para-hydroxylation sites is 1. The van der Waals surface area contributed by atoms with Crippen LogP contribution in [0.4, 0.5) is 5.69 Å². The van der Waals surface area contributed by atoms with Crippen LogP contribution in [0.3, 0.4) is 0 Å². The zero-order chi connectivity index (χ0) is 25.2. The zero-order valence-corrected chi connectivity index (χ0v) is 20.5. The van der Waals surface area contributed by atoms with E-state index in [2.05, 4.69) is 5.32 Å². The molecule has 7 heteroatoms. The number of methoxy groups -OCH3 is 5. The van der Waals surface area contributed by atoms with Gasteiger partial charge in [0.1, 0.15) is 11.5 Å². The minimum absolute atomic E-state index is 0.282. The first-order chi connectivity index (χ1) is 17.0. The van der Waals surface area contributed by atoms with E-state index in [9.17, 15) is 4.79 Å². The summed E-state index contributed by atoms with van der Waals surface area (Å²) in [6.07, 6.45) is 7.01. The molecule has 1 amide bonds. The van der Waals surface area contributed by atoms with E-state index in [0.29, 0.717) is 34.4 Å². The van der Waals surface area contributed by atoms with Gasteiger partial charge in [-0.05, 0) is 47.5 Å². The second-order valence-electron chi connectivity index (χ2n) is 7.32. The molecule has 0 aromatic heterocycles. The Labute approximate surface area is 205 Å². The van der Waals surface area contributed by atoms with Gasteiger partial charge in [-0.1, -0.05) is 36.4 Å². The van der Waals surface area contributed by atoms with E-state index in [1.807, 2.05) is 60.7 Å². The molecule has 182 valence electrons. The van der Waals surface area contributed by atoms with E-state index < -0.39 is 0 Å². The molecule has 3 aromatic rings. The molecule has 35 heavy (non-hydrogen) atoms. The first-order valence-corrected chi connectivity index (χ1v) is 10.8. The van der Waals surface area contributed by atoms with E-state index in [-0.39, 0.29) is 5.91 Å². The van der Waals surface area contributed by atoms with Gasteiger partial charge in [0.25, 0.3) is 0 Å². The third-order valence-electron chi connectivity index (χ3n) is 5.19. The maximum atomic E-state index is 12.5. The first kappa shape index (κ1) is 25.2. The molecule has 0 aliphatic rings. The molecule has 0 saturated heterocycles. The van der Waals surface area contributed by atoms with Crippen molar-refractivity contribution in [2.75, 3.05) is 40.9 Å². The van der Waals surface area contributed by atoms with Crippen molar-refractivity contribution in [3.05, 3.63) is 77.4 Å². The summed E-state index contributed by atoms with van der Waals surface area (Å²) in [6, 6.07) is 16.7. The second kappa shape index (κ2) is 12.2. The highest BCUT2D eigenvalue weighted by Gasteiger charge is 2.12. The van der Waals surface area contributed by atoms with Crippen LogP contribution in [0.15, 0.2) is 60.7 Å². The summed E-state index contributed by atoms with van der Waals surface area (Å²) < 4.78 is 27.0. The number of benzene rings is 3. The predicted octanol–water partition coefficient (Wildman–Crippen LogP) is 5.55. The molecular formula is C28H29NO6. The summed E-state index contributed by atoms with van der Waals surface area (Å²) >= 11 is 0. The van der Waals surface area contributed by atoms with Crippen molar-refractivity contribution in [1.82, 2.24) is 0 Å². The average Bonchev–Trinajstić information content (AvgIpc) is 2.90. The minimum atomic E-state index is -0.282. The molecule has 0 aliphatic carbocycles. The Morgan fingerprint density at radius 2 is 1.26 bits per heavy atom. The van der Waals surface area contributed by atoms with Crippen molar-refractivity contribution in [3.8, 4) is 28.7 Å². The number of anilines is 1. The van der Waals surface area contributed by atoms with Gasteiger partial charge in [0, 0.05) is 11.6 Å². The van der Waals surface area contributed by atoms with Gasteiger partial charge in [-0.25, -0.2) is 0 Å². The summed E-state index contributed by atoms with van der Waals surface area (Å²) in [4.78, 5) is 12.5. The van der Waals surface area contributed by atoms with Crippen LogP contribution in [0.25, 0.3) is 18.2 Å². The molecule has 0 atom stereocenters. The number of amides is 1. The van der Waals surface area contributed by atoms with Gasteiger partial charge in [0.15, 0.2) is 11.5 Å². The predicted molar refractivity (Wildman–Crippen MR) is 139 cm³/mol. The molecule has 1 N–H and O–H groups in total. The average molecular weight is 476 g/mol. The number of hydrogen-bond donors (Lipinski definition) is 1. The van der Waals surface area contributed by atoms with Crippen molar-refractivity contribution in [2.24, 2.45) is 0 Å². The molecule has 0 saturated carbocycles. The highest BCUT2D eigenvalue weighted by Crippen LogP contribution is 2.38. The standard InChI is InChI=1S/C28H29NO6/c1-31-23-9-7-6-8-21(23)13-15-27(30)29-22-14-12-19(16-24(22)32-2)10-11-20-17-25(33-3)28(35-5)26(18-20)34-4/h6-18H,1-5H3,(H,29,30)/b11-10?,15-13+. The Kier molecular flexibility index (Phi) is 8.78. The summed E-state index contributed by atoms with van der Waals surface area (Å²) in [5, 5.41) is 2.85. The molecule has 0 bridgehead atoms. The number of nitrogens with one attached hydrogen (secondary N) is 1. The van der Waals surface area contributed by atoms with Gasteiger partial charge in [0.05, 0.1) is 41.2 Å². The summed E-state index contributed by atoms with van der Waals surface area (Å²) in [5.41, 5.74) is 3.13. The summed E-state index contributed by atoms with van der Waals surface area (Å²) in [5.74, 6) is 2.63. The Hall–Kier alpha value is -4.39. The lowest BCUT2D eigenvalue weighted by Crippen LogP contribution is -2.09. The quantitative estimate of drug-likeness (QED) is 0.306. The number of carbonyl (C=O) groups excluding carboxylic acids is 1. The molecule has 0 heterocycles. The van der Waals surface area contributed by atoms with E-state index >= 15 is 0 Å². The van der Waals surface area contributed by atoms with Crippen molar-refractivity contribution in [2.45, 2.75) is 0 Å². The van der Waals surface area contributed by atoms with Crippen molar-refractivity contribution < 1.29 is 28.5 Å². The fourth-order valence-corrected chi connectivity index (χ4v) is 3.45. The van der Waals surface area contributed by atoms with Crippen LogP contribution in [-0.2, 0) is 4.79 Å². The molecule has 0 radical (unpaired) electrons. The van der Waals surface area contributed by atoms with Crippen molar-refractivity contribution >= 4 is 29.8 Å². The van der Waals surface area contributed by atoms with E-state index in [1.54, 1.807) is 47.7 Å². The number of ether oxygens (including phenoxy) is 5. The number of carbonyl (C=O) groups is 1. The van der Waals surface area contributed by atoms with E-state index in [4.69, 9.17) is 23.7 Å². The molecular weight excluding hydrogens is 446 g/mol. The Morgan fingerprint density at radius 1 is 0.657 bits per heavy atom. The Balaban J connectivity index is 1.76. The smallest absolute Gasteiger partial charge is 0.248 e. The van der Waals surface area contributed by atoms with Crippen molar-refractivity contribution in [3.63, 3.8) is 0 Å². The highest BCUT2D eigenvalue weighted by molar-refractivity contribution is 6.03.